The Balaban J connectivity index is 2.43. The summed E-state index contributed by atoms with van der Waals surface area (Å²) in [6.45, 7) is 4.09. The Morgan fingerprint density at radius 1 is 1.11 bits per heavy atom. The van der Waals surface area contributed by atoms with Crippen LogP contribution < -0.4 is 10.1 Å². The van der Waals surface area contributed by atoms with E-state index in [2.05, 4.69) is 5.32 Å². The summed E-state index contributed by atoms with van der Waals surface area (Å²) >= 11 is 11.9. The molecule has 1 amide bonds. The molecule has 2 rings (SSSR count). The molecule has 0 bridgehead atoms. The van der Waals surface area contributed by atoms with Gasteiger partial charge >= 0.3 is 0 Å². The molecule has 0 aliphatic carbocycles. The SMILES string of the molecule is CCN(CC)S(=O)(=O)c1cc(C(=O)Nc2ccc(Cl)cc2Cl)ccc1OC. The summed E-state index contributed by atoms with van der Waals surface area (Å²) in [6.07, 6.45) is 0. The van der Waals surface area contributed by atoms with Crippen molar-refractivity contribution in [2.75, 3.05) is 25.5 Å². The van der Waals surface area contributed by atoms with Crippen molar-refractivity contribution >= 4 is 44.8 Å². The maximum atomic E-state index is 12.9. The molecule has 6 nitrogen and oxygen atoms in total. The predicted molar refractivity (Wildman–Crippen MR) is 108 cm³/mol. The first-order chi connectivity index (χ1) is 12.7. The van der Waals surface area contributed by atoms with Crippen molar-refractivity contribution in [3.05, 3.63) is 52.0 Å². The third-order valence-corrected chi connectivity index (χ3v) is 6.55. The molecule has 0 radical (unpaired) electrons. The van der Waals surface area contributed by atoms with E-state index in [4.69, 9.17) is 27.9 Å². The van der Waals surface area contributed by atoms with Crippen molar-refractivity contribution in [2.24, 2.45) is 0 Å². The first-order valence-corrected chi connectivity index (χ1v) is 10.4. The van der Waals surface area contributed by atoms with Crippen LogP contribution in [0.15, 0.2) is 41.3 Å². The molecule has 0 atom stereocenters. The third kappa shape index (κ3) is 4.73. The quantitative estimate of drug-likeness (QED) is 0.710. The van der Waals surface area contributed by atoms with E-state index in [1.54, 1.807) is 26.0 Å². The Hall–Kier alpha value is -1.80. The van der Waals surface area contributed by atoms with Gasteiger partial charge in [-0.15, -0.1) is 0 Å². The van der Waals surface area contributed by atoms with Crippen LogP contribution in [-0.2, 0) is 10.0 Å². The molecule has 1 N–H and O–H groups in total. The van der Waals surface area contributed by atoms with E-state index in [1.807, 2.05) is 0 Å². The third-order valence-electron chi connectivity index (χ3n) is 3.93. The Bertz CT molecular complexity index is 944. The number of nitrogens with zero attached hydrogens (tertiary/aromatic N) is 1. The number of methoxy groups -OCH3 is 1. The minimum Gasteiger partial charge on any atom is -0.495 e. The fourth-order valence-corrected chi connectivity index (χ4v) is 4.60. The molecule has 0 aromatic heterocycles. The first kappa shape index (κ1) is 21.5. The minimum absolute atomic E-state index is 0.0662. The van der Waals surface area contributed by atoms with E-state index >= 15 is 0 Å². The Morgan fingerprint density at radius 2 is 1.78 bits per heavy atom. The first-order valence-electron chi connectivity index (χ1n) is 8.19. The number of benzene rings is 2. The van der Waals surface area contributed by atoms with Crippen LogP contribution in [0.1, 0.15) is 24.2 Å². The molecule has 0 saturated heterocycles. The number of carbonyl (C=O) groups excluding carboxylic acids is 1. The molecule has 0 aliphatic rings. The molecule has 146 valence electrons. The summed E-state index contributed by atoms with van der Waals surface area (Å²) in [5, 5.41) is 3.37. The lowest BCUT2D eigenvalue weighted by Crippen LogP contribution is -2.31. The number of sulfonamides is 1. The summed E-state index contributed by atoms with van der Waals surface area (Å²) in [5.41, 5.74) is 0.530. The number of halogens is 2. The second-order valence-corrected chi connectivity index (χ2v) is 8.28. The van der Waals surface area contributed by atoms with Crippen molar-refractivity contribution in [3.8, 4) is 5.75 Å². The Kier molecular flexibility index (Phi) is 7.11. The average molecular weight is 431 g/mol. The zero-order valence-corrected chi connectivity index (χ0v) is 17.5. The van der Waals surface area contributed by atoms with E-state index in [-0.39, 0.29) is 21.2 Å². The zero-order valence-electron chi connectivity index (χ0n) is 15.1. The van der Waals surface area contributed by atoms with Gasteiger partial charge in [0.1, 0.15) is 10.6 Å². The van der Waals surface area contributed by atoms with E-state index < -0.39 is 15.9 Å². The van der Waals surface area contributed by atoms with Gasteiger partial charge < -0.3 is 10.1 Å². The fourth-order valence-electron chi connectivity index (χ4n) is 2.51. The largest absolute Gasteiger partial charge is 0.495 e. The number of carbonyl (C=O) groups is 1. The highest BCUT2D eigenvalue weighted by Gasteiger charge is 2.27. The number of anilines is 1. The standard InChI is InChI=1S/C18H20Cl2N2O4S/c1-4-22(5-2)27(24,25)17-10-12(6-9-16(17)26-3)18(23)21-15-8-7-13(19)11-14(15)20/h6-11H,4-5H2,1-3H3,(H,21,23). The van der Waals surface area contributed by atoms with E-state index in [9.17, 15) is 13.2 Å². The Labute approximate surface area is 169 Å². The normalized spacial score (nSPS) is 11.5. The van der Waals surface area contributed by atoms with E-state index in [0.717, 1.165) is 0 Å². The summed E-state index contributed by atoms with van der Waals surface area (Å²) in [7, 11) is -2.42. The molecule has 2 aromatic rings. The highest BCUT2D eigenvalue weighted by atomic mass is 35.5. The van der Waals surface area contributed by atoms with Gasteiger partial charge in [-0.25, -0.2) is 8.42 Å². The lowest BCUT2D eigenvalue weighted by atomic mass is 10.2. The summed E-state index contributed by atoms with van der Waals surface area (Å²) in [6, 6.07) is 8.90. The van der Waals surface area contributed by atoms with Gasteiger partial charge in [0.05, 0.1) is 17.8 Å². The van der Waals surface area contributed by atoms with Crippen LogP contribution in [0, 0.1) is 0 Å². The number of ether oxygens (including phenoxy) is 1. The van der Waals surface area contributed by atoms with Crippen LogP contribution in [0.4, 0.5) is 5.69 Å². The van der Waals surface area contributed by atoms with Crippen molar-refractivity contribution < 1.29 is 17.9 Å². The second kappa shape index (κ2) is 8.93. The molecule has 0 fully saturated rings. The monoisotopic (exact) mass is 430 g/mol. The molecule has 27 heavy (non-hydrogen) atoms. The van der Waals surface area contributed by atoms with E-state index in [1.165, 1.54) is 35.7 Å². The highest BCUT2D eigenvalue weighted by Crippen LogP contribution is 2.29. The average Bonchev–Trinajstić information content (AvgIpc) is 2.64. The molecular formula is C18H20Cl2N2O4S. The Morgan fingerprint density at radius 3 is 2.33 bits per heavy atom. The lowest BCUT2D eigenvalue weighted by Gasteiger charge is -2.20. The van der Waals surface area contributed by atoms with Crippen LogP contribution >= 0.6 is 23.2 Å². The van der Waals surface area contributed by atoms with Gasteiger partial charge in [0.2, 0.25) is 10.0 Å². The molecule has 0 spiro atoms. The van der Waals surface area contributed by atoms with Crippen LogP contribution in [0.2, 0.25) is 10.0 Å². The number of nitrogens with one attached hydrogen (secondary N) is 1. The minimum atomic E-state index is -3.80. The highest BCUT2D eigenvalue weighted by molar-refractivity contribution is 7.89. The van der Waals surface area contributed by atoms with Gasteiger partial charge in [-0.2, -0.15) is 4.31 Å². The van der Waals surface area contributed by atoms with Gasteiger partial charge in [0.15, 0.2) is 0 Å². The van der Waals surface area contributed by atoms with Crippen molar-refractivity contribution in [1.82, 2.24) is 4.31 Å². The van der Waals surface area contributed by atoms with Crippen LogP contribution in [0.25, 0.3) is 0 Å². The lowest BCUT2D eigenvalue weighted by molar-refractivity contribution is 0.102. The number of rotatable bonds is 7. The topological polar surface area (TPSA) is 75.7 Å². The summed E-state index contributed by atoms with van der Waals surface area (Å²) in [4.78, 5) is 12.5. The maximum Gasteiger partial charge on any atom is 0.255 e. The molecular weight excluding hydrogens is 411 g/mol. The van der Waals surface area contributed by atoms with Gasteiger partial charge in [-0.3, -0.25) is 4.79 Å². The fraction of sp³-hybridized carbons (Fsp3) is 0.278. The molecule has 2 aromatic carbocycles. The number of hydrogen-bond donors (Lipinski definition) is 1. The molecule has 9 heteroatoms. The van der Waals surface area contributed by atoms with E-state index in [0.29, 0.717) is 23.8 Å². The van der Waals surface area contributed by atoms with Crippen molar-refractivity contribution in [3.63, 3.8) is 0 Å². The van der Waals surface area contributed by atoms with Gasteiger partial charge in [0, 0.05) is 23.7 Å². The maximum absolute atomic E-state index is 12.9. The van der Waals surface area contributed by atoms with Gasteiger partial charge in [0.25, 0.3) is 5.91 Å². The van der Waals surface area contributed by atoms with Crippen LogP contribution in [0.5, 0.6) is 5.75 Å². The molecule has 0 heterocycles. The number of hydrogen-bond acceptors (Lipinski definition) is 4. The molecule has 0 saturated carbocycles. The summed E-state index contributed by atoms with van der Waals surface area (Å²) < 4.78 is 32.2. The van der Waals surface area contributed by atoms with Crippen LogP contribution in [-0.4, -0.2) is 38.8 Å². The van der Waals surface area contributed by atoms with Crippen molar-refractivity contribution in [1.29, 1.82) is 0 Å². The summed E-state index contributed by atoms with van der Waals surface area (Å²) in [5.74, 6) is -0.333. The predicted octanol–water partition coefficient (Wildman–Crippen LogP) is 4.28. The van der Waals surface area contributed by atoms with Gasteiger partial charge in [-0.05, 0) is 36.4 Å². The smallest absolute Gasteiger partial charge is 0.255 e. The van der Waals surface area contributed by atoms with Crippen molar-refractivity contribution in [2.45, 2.75) is 18.7 Å². The molecule has 0 unspecified atom stereocenters. The second-order valence-electron chi connectivity index (χ2n) is 5.53. The van der Waals surface area contributed by atoms with Gasteiger partial charge in [-0.1, -0.05) is 37.0 Å². The van der Waals surface area contributed by atoms with Crippen LogP contribution in [0.3, 0.4) is 0 Å². The zero-order chi connectivity index (χ0) is 20.2. The molecule has 0 aliphatic heterocycles. The number of amides is 1.